The molecule has 1 N–H and O–H groups in total. The van der Waals surface area contributed by atoms with Crippen LogP contribution in [0.2, 0.25) is 0 Å². The maximum Gasteiger partial charge on any atom is 0.407 e. The van der Waals surface area contributed by atoms with E-state index in [9.17, 15) is 13.2 Å². The van der Waals surface area contributed by atoms with Crippen LogP contribution < -0.4 is 5.32 Å². The molecular formula is C25H29N3O4S. The molecule has 0 saturated heterocycles. The lowest BCUT2D eigenvalue weighted by molar-refractivity contribution is 0.0502. The third-order valence-corrected chi connectivity index (χ3v) is 7.25. The molecule has 1 atom stereocenters. The predicted molar refractivity (Wildman–Crippen MR) is 128 cm³/mol. The summed E-state index contributed by atoms with van der Waals surface area (Å²) in [6.07, 6.45) is 7.00. The molecule has 3 aromatic rings. The molecule has 2 heterocycles. The van der Waals surface area contributed by atoms with Crippen molar-refractivity contribution < 1.29 is 17.9 Å². The van der Waals surface area contributed by atoms with Gasteiger partial charge < -0.3 is 10.1 Å². The van der Waals surface area contributed by atoms with Gasteiger partial charge in [-0.1, -0.05) is 23.8 Å². The Morgan fingerprint density at radius 2 is 1.91 bits per heavy atom. The molecule has 8 heteroatoms. The molecule has 0 aliphatic heterocycles. The zero-order valence-corrected chi connectivity index (χ0v) is 20.1. The van der Waals surface area contributed by atoms with Gasteiger partial charge in [0.05, 0.1) is 4.90 Å². The second-order valence-electron chi connectivity index (χ2n) is 9.38. The minimum Gasteiger partial charge on any atom is -0.444 e. The van der Waals surface area contributed by atoms with Crippen molar-refractivity contribution >= 4 is 32.7 Å². The number of rotatable bonds is 4. The standard InChI is InChI=1S/C25H29N3O4S/c1-17-7-13-20(14-8-17)33(30,31)28-16-22(21-6-5-15-26-23(21)28)18-9-11-19(12-10-18)27-24(29)32-25(2,3)4/h5-9,13-16,19H,10-12H2,1-4H3,(H,27,29). The number of alkyl carbamates (subject to hydrolysis) is 1. The van der Waals surface area contributed by atoms with Crippen LogP contribution in [0.15, 0.2) is 59.8 Å². The van der Waals surface area contributed by atoms with Crippen molar-refractivity contribution in [3.8, 4) is 0 Å². The van der Waals surface area contributed by atoms with Crippen LogP contribution in [0.3, 0.4) is 0 Å². The fourth-order valence-corrected chi connectivity index (χ4v) is 5.30. The number of nitrogens with one attached hydrogen (secondary N) is 1. The van der Waals surface area contributed by atoms with Gasteiger partial charge in [0.15, 0.2) is 5.65 Å². The predicted octanol–water partition coefficient (Wildman–Crippen LogP) is 5.04. The summed E-state index contributed by atoms with van der Waals surface area (Å²) in [5.74, 6) is 0. The largest absolute Gasteiger partial charge is 0.444 e. The molecule has 4 rings (SSSR count). The molecular weight excluding hydrogens is 438 g/mol. The molecule has 1 aliphatic carbocycles. The number of pyridine rings is 1. The second kappa shape index (κ2) is 8.67. The van der Waals surface area contributed by atoms with Crippen molar-refractivity contribution in [2.75, 3.05) is 0 Å². The number of amides is 1. The van der Waals surface area contributed by atoms with Gasteiger partial charge in [-0.3, -0.25) is 0 Å². The van der Waals surface area contributed by atoms with E-state index >= 15 is 0 Å². The summed E-state index contributed by atoms with van der Waals surface area (Å²) in [4.78, 5) is 16.7. The van der Waals surface area contributed by atoms with Crippen LogP contribution in [0.4, 0.5) is 4.79 Å². The van der Waals surface area contributed by atoms with Crippen LogP contribution in [0.25, 0.3) is 16.6 Å². The molecule has 2 aromatic heterocycles. The van der Waals surface area contributed by atoms with Crippen LogP contribution in [0.1, 0.15) is 51.2 Å². The van der Waals surface area contributed by atoms with Crippen LogP contribution in [-0.4, -0.2) is 35.1 Å². The molecule has 1 aromatic carbocycles. The lowest BCUT2D eigenvalue weighted by Gasteiger charge is -2.25. The molecule has 0 saturated carbocycles. The van der Waals surface area contributed by atoms with Crippen LogP contribution in [-0.2, 0) is 14.8 Å². The summed E-state index contributed by atoms with van der Waals surface area (Å²) >= 11 is 0. The Hall–Kier alpha value is -3.13. The SMILES string of the molecule is Cc1ccc(S(=O)(=O)n2cc(C3=CCC(NC(=O)OC(C)(C)C)CC3)c3cccnc32)cc1. The first-order valence-electron chi connectivity index (χ1n) is 11.0. The maximum atomic E-state index is 13.4. The molecule has 1 amide bonds. The van der Waals surface area contributed by atoms with Gasteiger partial charge in [-0.2, -0.15) is 0 Å². The van der Waals surface area contributed by atoms with E-state index in [4.69, 9.17) is 4.74 Å². The molecule has 1 unspecified atom stereocenters. The fraction of sp³-hybridized carbons (Fsp3) is 0.360. The fourth-order valence-electron chi connectivity index (χ4n) is 3.98. The molecule has 7 nitrogen and oxygen atoms in total. The first kappa shape index (κ1) is 23.0. The van der Waals surface area contributed by atoms with Gasteiger partial charge >= 0.3 is 6.09 Å². The molecule has 0 radical (unpaired) electrons. The molecule has 174 valence electrons. The van der Waals surface area contributed by atoms with Crippen molar-refractivity contribution in [3.63, 3.8) is 0 Å². The van der Waals surface area contributed by atoms with E-state index in [0.29, 0.717) is 18.5 Å². The number of nitrogens with zero attached hydrogens (tertiary/aromatic N) is 2. The number of ether oxygens (including phenoxy) is 1. The van der Waals surface area contributed by atoms with E-state index in [2.05, 4.69) is 16.4 Å². The third kappa shape index (κ3) is 4.95. The Morgan fingerprint density at radius 1 is 1.18 bits per heavy atom. The van der Waals surface area contributed by atoms with Gasteiger partial charge in [0.2, 0.25) is 0 Å². The third-order valence-electron chi connectivity index (χ3n) is 5.59. The van der Waals surface area contributed by atoms with E-state index in [1.807, 2.05) is 39.8 Å². The van der Waals surface area contributed by atoms with Gasteiger partial charge in [0.1, 0.15) is 5.60 Å². The van der Waals surface area contributed by atoms with Gasteiger partial charge in [0.25, 0.3) is 10.0 Å². The van der Waals surface area contributed by atoms with Crippen molar-refractivity contribution in [2.24, 2.45) is 0 Å². The lowest BCUT2D eigenvalue weighted by atomic mass is 9.91. The summed E-state index contributed by atoms with van der Waals surface area (Å²) in [7, 11) is -3.79. The normalized spacial score (nSPS) is 17.0. The zero-order valence-electron chi connectivity index (χ0n) is 19.3. The van der Waals surface area contributed by atoms with Gasteiger partial charge in [-0.05, 0) is 76.8 Å². The smallest absolute Gasteiger partial charge is 0.407 e. The molecule has 0 spiro atoms. The van der Waals surface area contributed by atoms with Gasteiger partial charge in [0, 0.05) is 29.4 Å². The number of benzene rings is 1. The quantitative estimate of drug-likeness (QED) is 0.580. The zero-order chi connectivity index (χ0) is 23.8. The highest BCUT2D eigenvalue weighted by atomic mass is 32.2. The summed E-state index contributed by atoms with van der Waals surface area (Å²) < 4.78 is 33.4. The van der Waals surface area contributed by atoms with E-state index in [-0.39, 0.29) is 10.9 Å². The number of fused-ring (bicyclic) bond motifs is 1. The van der Waals surface area contributed by atoms with Crippen LogP contribution >= 0.6 is 0 Å². The maximum absolute atomic E-state index is 13.4. The highest BCUT2D eigenvalue weighted by Crippen LogP contribution is 2.34. The molecule has 0 fully saturated rings. The lowest BCUT2D eigenvalue weighted by Crippen LogP contribution is -2.39. The van der Waals surface area contributed by atoms with Crippen LogP contribution in [0.5, 0.6) is 0 Å². The number of allylic oxidation sites excluding steroid dienone is 1. The minimum atomic E-state index is -3.79. The topological polar surface area (TPSA) is 90.3 Å². The van der Waals surface area contributed by atoms with Crippen molar-refractivity contribution in [2.45, 2.75) is 63.5 Å². The van der Waals surface area contributed by atoms with E-state index in [1.54, 1.807) is 36.7 Å². The molecule has 0 bridgehead atoms. The van der Waals surface area contributed by atoms with E-state index < -0.39 is 21.7 Å². The van der Waals surface area contributed by atoms with Crippen molar-refractivity contribution in [3.05, 3.63) is 66.0 Å². The number of carbonyl (C=O) groups excluding carboxylic acids is 1. The average Bonchev–Trinajstić information content (AvgIpc) is 3.14. The first-order chi connectivity index (χ1) is 15.5. The summed E-state index contributed by atoms with van der Waals surface area (Å²) in [6, 6.07) is 10.5. The summed E-state index contributed by atoms with van der Waals surface area (Å²) in [5, 5.41) is 3.71. The summed E-state index contributed by atoms with van der Waals surface area (Å²) in [6.45, 7) is 7.42. The molecule has 33 heavy (non-hydrogen) atoms. The Balaban J connectivity index is 1.63. The van der Waals surface area contributed by atoms with Crippen molar-refractivity contribution in [1.29, 1.82) is 0 Å². The van der Waals surface area contributed by atoms with Gasteiger partial charge in [-0.25, -0.2) is 22.2 Å². The van der Waals surface area contributed by atoms with Crippen LogP contribution in [0, 0.1) is 6.92 Å². The Kier molecular flexibility index (Phi) is 6.05. The van der Waals surface area contributed by atoms with E-state index in [0.717, 1.165) is 28.5 Å². The Bertz CT molecular complexity index is 1320. The number of hydrogen-bond acceptors (Lipinski definition) is 5. The Morgan fingerprint density at radius 3 is 2.55 bits per heavy atom. The minimum absolute atomic E-state index is 0.0219. The summed E-state index contributed by atoms with van der Waals surface area (Å²) in [5.41, 5.74) is 2.75. The monoisotopic (exact) mass is 467 g/mol. The number of hydrogen-bond donors (Lipinski definition) is 1. The Labute approximate surface area is 194 Å². The molecule has 1 aliphatic rings. The number of aromatic nitrogens is 2. The number of aryl methyl sites for hydroxylation is 1. The second-order valence-corrected chi connectivity index (χ2v) is 11.2. The van der Waals surface area contributed by atoms with Crippen molar-refractivity contribution in [1.82, 2.24) is 14.3 Å². The number of carbonyl (C=O) groups is 1. The van der Waals surface area contributed by atoms with E-state index in [1.165, 1.54) is 3.97 Å². The average molecular weight is 468 g/mol. The van der Waals surface area contributed by atoms with Gasteiger partial charge in [-0.15, -0.1) is 0 Å². The highest BCUT2D eigenvalue weighted by molar-refractivity contribution is 7.90. The highest BCUT2D eigenvalue weighted by Gasteiger charge is 2.26. The first-order valence-corrected chi connectivity index (χ1v) is 12.5.